The Morgan fingerprint density at radius 1 is 1.00 bits per heavy atom. The third-order valence-corrected chi connectivity index (χ3v) is 4.09. The minimum absolute atomic E-state index is 0.0437. The number of benzene rings is 2. The molecule has 0 aliphatic carbocycles. The monoisotopic (exact) mass is 340 g/mol. The summed E-state index contributed by atoms with van der Waals surface area (Å²) in [4.78, 5) is 24.1. The second kappa shape index (κ2) is 9.59. The largest absolute Gasteiger partial charge is 0.396 e. The van der Waals surface area contributed by atoms with Crippen LogP contribution in [0.25, 0.3) is 0 Å². The first-order valence-corrected chi connectivity index (χ1v) is 8.38. The number of rotatable bonds is 8. The van der Waals surface area contributed by atoms with Crippen molar-refractivity contribution in [3.63, 3.8) is 0 Å². The predicted octanol–water partition coefficient (Wildman–Crippen LogP) is 2.01. The lowest BCUT2D eigenvalue weighted by atomic mass is 9.96. The molecule has 3 N–H and O–H groups in total. The number of carbonyl (C=O) groups is 2. The molecule has 0 spiro atoms. The van der Waals surface area contributed by atoms with Gasteiger partial charge in [0.1, 0.15) is 0 Å². The van der Waals surface area contributed by atoms with Crippen LogP contribution in [-0.2, 0) is 4.79 Å². The fourth-order valence-corrected chi connectivity index (χ4v) is 2.65. The Bertz CT molecular complexity index is 701. The van der Waals surface area contributed by atoms with Crippen LogP contribution in [-0.4, -0.2) is 36.6 Å². The summed E-state index contributed by atoms with van der Waals surface area (Å²) in [5.74, 6) is -0.466. The van der Waals surface area contributed by atoms with Crippen molar-refractivity contribution in [3.05, 3.63) is 71.3 Å². The average molecular weight is 340 g/mol. The van der Waals surface area contributed by atoms with E-state index in [-0.39, 0.29) is 30.9 Å². The first kappa shape index (κ1) is 18.7. The van der Waals surface area contributed by atoms with E-state index in [0.29, 0.717) is 18.5 Å². The van der Waals surface area contributed by atoms with Gasteiger partial charge in [-0.15, -0.1) is 0 Å². The number of aryl methyl sites for hydroxylation is 1. The molecule has 2 aromatic carbocycles. The van der Waals surface area contributed by atoms with E-state index in [2.05, 4.69) is 10.6 Å². The Hall–Kier alpha value is -2.66. The van der Waals surface area contributed by atoms with Crippen molar-refractivity contribution in [3.8, 4) is 0 Å². The highest BCUT2D eigenvalue weighted by Gasteiger charge is 2.14. The lowest BCUT2D eigenvalue weighted by molar-refractivity contribution is -0.120. The highest BCUT2D eigenvalue weighted by molar-refractivity contribution is 5.97. The van der Waals surface area contributed by atoms with Gasteiger partial charge >= 0.3 is 0 Å². The first-order valence-electron chi connectivity index (χ1n) is 8.38. The summed E-state index contributed by atoms with van der Waals surface area (Å²) in [6, 6.07) is 17.0. The molecule has 0 aliphatic heterocycles. The number of amides is 2. The maximum atomic E-state index is 12.1. The second-order valence-corrected chi connectivity index (χ2v) is 5.92. The summed E-state index contributed by atoms with van der Waals surface area (Å²) in [5, 5.41) is 14.7. The third kappa shape index (κ3) is 5.72. The Labute approximate surface area is 148 Å². The van der Waals surface area contributed by atoms with Gasteiger partial charge in [-0.1, -0.05) is 48.5 Å². The quantitative estimate of drug-likeness (QED) is 0.688. The molecule has 0 fully saturated rings. The molecule has 1 unspecified atom stereocenters. The van der Waals surface area contributed by atoms with E-state index in [1.165, 1.54) is 0 Å². The molecule has 0 aliphatic rings. The Balaban J connectivity index is 1.83. The number of nitrogens with one attached hydrogen (secondary N) is 2. The number of carbonyl (C=O) groups excluding carboxylic acids is 2. The molecular weight excluding hydrogens is 316 g/mol. The summed E-state index contributed by atoms with van der Waals surface area (Å²) >= 11 is 0. The lowest BCUT2D eigenvalue weighted by Gasteiger charge is -2.17. The predicted molar refractivity (Wildman–Crippen MR) is 97.4 cm³/mol. The fraction of sp³-hybridized carbons (Fsp3) is 0.300. The molecule has 2 aromatic rings. The minimum atomic E-state index is -0.261. The van der Waals surface area contributed by atoms with Gasteiger partial charge in [0.25, 0.3) is 5.91 Å². The molecular formula is C20H24N2O3. The summed E-state index contributed by atoms with van der Waals surface area (Å²) in [6.45, 7) is 2.26. The fourth-order valence-electron chi connectivity index (χ4n) is 2.65. The zero-order chi connectivity index (χ0) is 18.1. The van der Waals surface area contributed by atoms with Gasteiger partial charge < -0.3 is 15.7 Å². The summed E-state index contributed by atoms with van der Waals surface area (Å²) in [5.41, 5.74) is 2.51. The molecule has 25 heavy (non-hydrogen) atoms. The zero-order valence-corrected chi connectivity index (χ0v) is 14.4. The molecule has 0 aromatic heterocycles. The topological polar surface area (TPSA) is 78.4 Å². The van der Waals surface area contributed by atoms with Crippen LogP contribution in [0, 0.1) is 6.92 Å². The van der Waals surface area contributed by atoms with Gasteiger partial charge in [-0.2, -0.15) is 0 Å². The van der Waals surface area contributed by atoms with Crippen LogP contribution in [0.4, 0.5) is 0 Å². The summed E-state index contributed by atoms with van der Waals surface area (Å²) < 4.78 is 0. The maximum absolute atomic E-state index is 12.1. The molecule has 2 amide bonds. The van der Waals surface area contributed by atoms with Crippen molar-refractivity contribution in [2.75, 3.05) is 19.7 Å². The lowest BCUT2D eigenvalue weighted by Crippen LogP contribution is -2.38. The smallest absolute Gasteiger partial charge is 0.251 e. The molecule has 132 valence electrons. The van der Waals surface area contributed by atoms with Crippen molar-refractivity contribution >= 4 is 11.8 Å². The number of hydrogen-bond donors (Lipinski definition) is 3. The van der Waals surface area contributed by atoms with Gasteiger partial charge in [0, 0.05) is 24.6 Å². The molecule has 0 radical (unpaired) electrons. The molecule has 2 rings (SSSR count). The van der Waals surface area contributed by atoms with E-state index >= 15 is 0 Å². The van der Waals surface area contributed by atoms with E-state index in [1.807, 2.05) is 49.4 Å². The van der Waals surface area contributed by atoms with Crippen LogP contribution >= 0.6 is 0 Å². The van der Waals surface area contributed by atoms with Crippen LogP contribution in [0.3, 0.4) is 0 Å². The van der Waals surface area contributed by atoms with Crippen molar-refractivity contribution in [2.45, 2.75) is 19.3 Å². The van der Waals surface area contributed by atoms with Gasteiger partial charge in [0.15, 0.2) is 0 Å². The van der Waals surface area contributed by atoms with Gasteiger partial charge in [0.2, 0.25) is 5.91 Å². The molecule has 5 nitrogen and oxygen atoms in total. The van der Waals surface area contributed by atoms with E-state index in [1.54, 1.807) is 12.1 Å². The van der Waals surface area contributed by atoms with Gasteiger partial charge in [-0.05, 0) is 30.5 Å². The molecule has 5 heteroatoms. The van der Waals surface area contributed by atoms with Crippen LogP contribution in [0.15, 0.2) is 54.6 Å². The normalized spacial score (nSPS) is 11.6. The molecule has 1 atom stereocenters. The SMILES string of the molecule is Cc1ccccc1C(=O)NCC(=O)NCC(CCO)c1ccccc1. The molecule has 0 saturated heterocycles. The number of aliphatic hydroxyl groups excluding tert-OH is 1. The zero-order valence-electron chi connectivity index (χ0n) is 14.4. The van der Waals surface area contributed by atoms with E-state index < -0.39 is 0 Å². The Morgan fingerprint density at radius 2 is 1.68 bits per heavy atom. The van der Waals surface area contributed by atoms with Crippen LogP contribution < -0.4 is 10.6 Å². The van der Waals surface area contributed by atoms with Crippen molar-refractivity contribution in [2.24, 2.45) is 0 Å². The van der Waals surface area contributed by atoms with Gasteiger partial charge in [-0.3, -0.25) is 9.59 Å². The second-order valence-electron chi connectivity index (χ2n) is 5.92. The van der Waals surface area contributed by atoms with E-state index in [9.17, 15) is 14.7 Å². The van der Waals surface area contributed by atoms with E-state index in [0.717, 1.165) is 11.1 Å². The van der Waals surface area contributed by atoms with Crippen LogP contribution in [0.1, 0.15) is 33.8 Å². The highest BCUT2D eigenvalue weighted by Crippen LogP contribution is 2.18. The third-order valence-electron chi connectivity index (χ3n) is 4.09. The standard InChI is InChI=1S/C20H24N2O3/c1-15-7-5-6-10-18(15)20(25)22-14-19(24)21-13-17(11-12-23)16-8-3-2-4-9-16/h2-10,17,23H,11-14H2,1H3,(H,21,24)(H,22,25). The summed E-state index contributed by atoms with van der Waals surface area (Å²) in [7, 11) is 0. The summed E-state index contributed by atoms with van der Waals surface area (Å²) in [6.07, 6.45) is 0.569. The average Bonchev–Trinajstić information content (AvgIpc) is 2.64. The van der Waals surface area contributed by atoms with Crippen molar-refractivity contribution < 1.29 is 14.7 Å². The van der Waals surface area contributed by atoms with Crippen molar-refractivity contribution in [1.82, 2.24) is 10.6 Å². The number of aliphatic hydroxyl groups is 1. The van der Waals surface area contributed by atoms with Gasteiger partial charge in [0.05, 0.1) is 6.54 Å². The van der Waals surface area contributed by atoms with Crippen LogP contribution in [0.5, 0.6) is 0 Å². The first-order chi connectivity index (χ1) is 12.1. The molecule has 0 heterocycles. The number of hydrogen-bond acceptors (Lipinski definition) is 3. The minimum Gasteiger partial charge on any atom is -0.396 e. The Morgan fingerprint density at radius 3 is 2.36 bits per heavy atom. The van der Waals surface area contributed by atoms with Crippen molar-refractivity contribution in [1.29, 1.82) is 0 Å². The van der Waals surface area contributed by atoms with Gasteiger partial charge in [-0.25, -0.2) is 0 Å². The Kier molecular flexibility index (Phi) is 7.16. The maximum Gasteiger partial charge on any atom is 0.251 e. The molecule has 0 bridgehead atoms. The highest BCUT2D eigenvalue weighted by atomic mass is 16.3. The van der Waals surface area contributed by atoms with E-state index in [4.69, 9.17) is 0 Å². The van der Waals surface area contributed by atoms with Crippen LogP contribution in [0.2, 0.25) is 0 Å². The molecule has 0 saturated carbocycles.